The second-order valence-electron chi connectivity index (χ2n) is 4.54. The van der Waals surface area contributed by atoms with Gasteiger partial charge in [-0.25, -0.2) is 19.2 Å². The largest absolute Gasteiger partial charge is 0.477 e. The van der Waals surface area contributed by atoms with Crippen LogP contribution in [0.2, 0.25) is 0 Å². The molecule has 0 bridgehead atoms. The van der Waals surface area contributed by atoms with Gasteiger partial charge in [-0.1, -0.05) is 13.2 Å². The second kappa shape index (κ2) is 8.66. The lowest BCUT2D eigenvalue weighted by Crippen LogP contribution is -2.41. The number of aliphatic carboxylic acids is 2. The van der Waals surface area contributed by atoms with E-state index < -0.39 is 66.9 Å². The van der Waals surface area contributed by atoms with Crippen LogP contribution in [-0.2, 0) is 28.7 Å². The fourth-order valence-corrected chi connectivity index (χ4v) is 1.06. The average molecular weight is 332 g/mol. The minimum atomic E-state index is -1.65. The average Bonchev–Trinajstić information content (AvgIpc) is 2.53. The Balaban J connectivity index is 4.81. The molecule has 4 N–H and O–H groups in total. The zero-order valence-electron chi connectivity index (χ0n) is 12.0. The van der Waals surface area contributed by atoms with Crippen LogP contribution < -0.4 is 0 Å². The van der Waals surface area contributed by atoms with Crippen LogP contribution >= 0.6 is 0 Å². The van der Waals surface area contributed by atoms with Crippen molar-refractivity contribution in [1.82, 2.24) is 0 Å². The molecule has 10 heteroatoms. The van der Waals surface area contributed by atoms with E-state index in [0.29, 0.717) is 0 Å². The van der Waals surface area contributed by atoms with Gasteiger partial charge in [0.1, 0.15) is 24.4 Å². The van der Waals surface area contributed by atoms with E-state index in [-0.39, 0.29) is 0 Å². The third-order valence-electron chi connectivity index (χ3n) is 2.70. The molecule has 0 aliphatic rings. The minimum Gasteiger partial charge on any atom is -0.477 e. The van der Waals surface area contributed by atoms with Gasteiger partial charge in [0, 0.05) is 0 Å². The van der Waals surface area contributed by atoms with Crippen LogP contribution in [0.1, 0.15) is 0 Å². The Labute approximate surface area is 130 Å². The smallest absolute Gasteiger partial charge is 0.344 e. The number of esters is 2. The molecule has 0 saturated carbocycles. The van der Waals surface area contributed by atoms with Crippen LogP contribution in [0, 0.1) is 5.41 Å². The summed E-state index contributed by atoms with van der Waals surface area (Å²) >= 11 is 0. The van der Waals surface area contributed by atoms with Crippen molar-refractivity contribution in [2.24, 2.45) is 5.41 Å². The maximum absolute atomic E-state index is 11.3. The predicted octanol–water partition coefficient (Wildman–Crippen LogP) is -1.67. The van der Waals surface area contributed by atoms with Crippen LogP contribution in [0.4, 0.5) is 0 Å². The molecule has 0 spiro atoms. The Kier molecular flexibility index (Phi) is 7.63. The van der Waals surface area contributed by atoms with Crippen molar-refractivity contribution >= 4 is 23.9 Å². The first-order valence-electron chi connectivity index (χ1n) is 6.00. The van der Waals surface area contributed by atoms with Crippen LogP contribution in [-0.4, -0.2) is 70.7 Å². The second-order valence-corrected chi connectivity index (χ2v) is 4.54. The van der Waals surface area contributed by atoms with Crippen molar-refractivity contribution in [1.29, 1.82) is 0 Å². The summed E-state index contributed by atoms with van der Waals surface area (Å²) in [5, 5.41) is 35.7. The molecular formula is C13H16O10. The first-order valence-corrected chi connectivity index (χ1v) is 6.00. The highest BCUT2D eigenvalue weighted by Gasteiger charge is 2.34. The lowest BCUT2D eigenvalue weighted by molar-refractivity contribution is -0.155. The molecule has 0 radical (unpaired) electrons. The molecule has 0 unspecified atom stereocenters. The number of aliphatic hydroxyl groups excluding tert-OH is 2. The SMILES string of the molecule is C=C(C(=O)O)C(=O)OCC(CO)(CO)COC(=O)C(=C)C(=O)O. The molecule has 0 aromatic heterocycles. The summed E-state index contributed by atoms with van der Waals surface area (Å²) in [5.41, 5.74) is -3.39. The molecular weight excluding hydrogens is 316 g/mol. The molecule has 0 heterocycles. The number of carbonyl (C=O) groups excluding carboxylic acids is 2. The van der Waals surface area contributed by atoms with Crippen molar-refractivity contribution in [3.8, 4) is 0 Å². The van der Waals surface area contributed by atoms with Crippen molar-refractivity contribution in [3.05, 3.63) is 24.3 Å². The van der Waals surface area contributed by atoms with Gasteiger partial charge in [-0.3, -0.25) is 0 Å². The molecule has 0 aliphatic heterocycles. The maximum atomic E-state index is 11.3. The Hall–Kier alpha value is -2.72. The van der Waals surface area contributed by atoms with Gasteiger partial charge < -0.3 is 29.9 Å². The molecule has 0 saturated heterocycles. The highest BCUT2D eigenvalue weighted by atomic mass is 16.6. The minimum absolute atomic E-state index is 0.696. The predicted molar refractivity (Wildman–Crippen MR) is 72.1 cm³/mol. The summed E-state index contributed by atoms with van der Waals surface area (Å²) in [6, 6.07) is 0. The molecule has 0 aromatic carbocycles. The van der Waals surface area contributed by atoms with E-state index >= 15 is 0 Å². The summed E-state index contributed by atoms with van der Waals surface area (Å²) < 4.78 is 9.17. The number of hydrogen-bond acceptors (Lipinski definition) is 8. The van der Waals surface area contributed by atoms with E-state index in [9.17, 15) is 29.4 Å². The number of carboxylic acid groups (broad SMARTS) is 2. The summed E-state index contributed by atoms with van der Waals surface area (Å²) in [5.74, 6) is -5.83. The zero-order valence-corrected chi connectivity index (χ0v) is 12.0. The number of rotatable bonds is 10. The quantitative estimate of drug-likeness (QED) is 0.157. The van der Waals surface area contributed by atoms with E-state index in [0.717, 1.165) is 0 Å². The van der Waals surface area contributed by atoms with Gasteiger partial charge in [0.2, 0.25) is 0 Å². The van der Waals surface area contributed by atoms with E-state index in [1.807, 2.05) is 0 Å². The molecule has 0 atom stereocenters. The molecule has 0 amide bonds. The van der Waals surface area contributed by atoms with E-state index in [2.05, 4.69) is 22.6 Å². The van der Waals surface area contributed by atoms with Gasteiger partial charge >= 0.3 is 23.9 Å². The van der Waals surface area contributed by atoms with Crippen molar-refractivity contribution in [2.45, 2.75) is 0 Å². The highest BCUT2D eigenvalue weighted by Crippen LogP contribution is 2.18. The molecule has 0 aliphatic carbocycles. The van der Waals surface area contributed by atoms with Gasteiger partial charge in [-0.15, -0.1) is 0 Å². The van der Waals surface area contributed by atoms with E-state index in [4.69, 9.17) is 10.2 Å². The molecule has 128 valence electrons. The van der Waals surface area contributed by atoms with Crippen LogP contribution in [0.25, 0.3) is 0 Å². The van der Waals surface area contributed by atoms with Crippen molar-refractivity contribution < 1.29 is 49.1 Å². The summed E-state index contributed by atoms with van der Waals surface area (Å²) in [6.45, 7) is 2.93. The first-order chi connectivity index (χ1) is 10.6. The van der Waals surface area contributed by atoms with Crippen molar-refractivity contribution in [3.63, 3.8) is 0 Å². The van der Waals surface area contributed by atoms with Gasteiger partial charge in [0.05, 0.1) is 18.6 Å². The number of hydrogen-bond donors (Lipinski definition) is 4. The summed E-state index contributed by atoms with van der Waals surface area (Å²) in [6.07, 6.45) is 0. The Bertz CT molecular complexity index is 485. The van der Waals surface area contributed by atoms with Gasteiger partial charge in [-0.2, -0.15) is 0 Å². The molecule has 23 heavy (non-hydrogen) atoms. The highest BCUT2D eigenvalue weighted by molar-refractivity contribution is 6.13. The fraction of sp³-hybridized carbons (Fsp3) is 0.385. The Morgan fingerprint density at radius 3 is 1.30 bits per heavy atom. The molecule has 0 aromatic rings. The maximum Gasteiger partial charge on any atom is 0.344 e. The topological polar surface area (TPSA) is 168 Å². The standard InChI is InChI=1S/C13H16O10/c1-7(9(16)17)11(20)22-5-13(3-14,4-15)6-23-12(21)8(2)10(18)19/h14-15H,1-6H2,(H,16,17)(H,18,19). The lowest BCUT2D eigenvalue weighted by atomic mass is 9.92. The fourth-order valence-electron chi connectivity index (χ4n) is 1.06. The van der Waals surface area contributed by atoms with Crippen LogP contribution in [0.3, 0.4) is 0 Å². The lowest BCUT2D eigenvalue weighted by Gasteiger charge is -2.28. The van der Waals surface area contributed by atoms with Crippen LogP contribution in [0.15, 0.2) is 24.3 Å². The zero-order chi connectivity index (χ0) is 18.2. The monoisotopic (exact) mass is 332 g/mol. The van der Waals surface area contributed by atoms with E-state index in [1.165, 1.54) is 0 Å². The number of aliphatic hydroxyl groups is 2. The van der Waals surface area contributed by atoms with Crippen molar-refractivity contribution in [2.75, 3.05) is 26.4 Å². The first kappa shape index (κ1) is 20.3. The van der Waals surface area contributed by atoms with Crippen LogP contribution in [0.5, 0.6) is 0 Å². The summed E-state index contributed by atoms with van der Waals surface area (Å²) in [7, 11) is 0. The molecule has 10 nitrogen and oxygen atoms in total. The number of carboxylic acids is 2. The Morgan fingerprint density at radius 1 is 0.783 bits per heavy atom. The number of ether oxygens (including phenoxy) is 2. The molecule has 0 rings (SSSR count). The van der Waals surface area contributed by atoms with Gasteiger partial charge in [0.25, 0.3) is 0 Å². The third kappa shape index (κ3) is 5.88. The third-order valence-corrected chi connectivity index (χ3v) is 2.70. The van der Waals surface area contributed by atoms with Gasteiger partial charge in [0.15, 0.2) is 0 Å². The van der Waals surface area contributed by atoms with Gasteiger partial charge in [-0.05, 0) is 0 Å². The number of carbonyl (C=O) groups is 4. The normalized spacial score (nSPS) is 10.5. The van der Waals surface area contributed by atoms with E-state index in [1.54, 1.807) is 0 Å². The Morgan fingerprint density at radius 2 is 1.09 bits per heavy atom. The summed E-state index contributed by atoms with van der Waals surface area (Å²) in [4.78, 5) is 43.7. The molecule has 0 fully saturated rings.